The summed E-state index contributed by atoms with van der Waals surface area (Å²) in [6, 6.07) is 0. The molecular weight excluding hydrogens is 132 g/mol. The van der Waals surface area contributed by atoms with Crippen LogP contribution in [0.15, 0.2) is 12.7 Å². The number of hydrogen-bond acceptors (Lipinski definition) is 0. The van der Waals surface area contributed by atoms with Crippen LogP contribution in [0.4, 0.5) is 0 Å². The molecule has 0 aliphatic carbocycles. The van der Waals surface area contributed by atoms with Crippen LogP contribution in [0.3, 0.4) is 0 Å². The van der Waals surface area contributed by atoms with Gasteiger partial charge in [0.25, 0.3) is 0 Å². The highest BCUT2D eigenvalue weighted by Gasteiger charge is 1.90. The zero-order valence-corrected chi connectivity index (χ0v) is 8.43. The molecule has 0 aromatic carbocycles. The minimum atomic E-state index is 0.831. The summed E-state index contributed by atoms with van der Waals surface area (Å²) in [5.41, 5.74) is 0. The maximum Gasteiger partial charge on any atom is -0.0328 e. The molecule has 0 aliphatic heterocycles. The molecule has 0 nitrogen and oxygen atoms in total. The van der Waals surface area contributed by atoms with Gasteiger partial charge in [-0.15, -0.1) is 19.4 Å². The van der Waals surface area contributed by atoms with Crippen LogP contribution in [0.2, 0.25) is 0 Å². The van der Waals surface area contributed by atoms with Crippen molar-refractivity contribution in [2.75, 3.05) is 0 Å². The predicted octanol–water partition coefficient (Wildman–Crippen LogP) is 3.88. The van der Waals surface area contributed by atoms with Crippen molar-refractivity contribution in [3.05, 3.63) is 12.7 Å². The Balaban J connectivity index is -0.000000138. The van der Waals surface area contributed by atoms with Crippen LogP contribution in [0.1, 0.15) is 40.5 Å². The molecule has 0 aromatic heterocycles. The third-order valence-corrected chi connectivity index (χ3v) is 1.27. The van der Waals surface area contributed by atoms with Gasteiger partial charge < -0.3 is 0 Å². The lowest BCUT2D eigenvalue weighted by molar-refractivity contribution is 0.572. The summed E-state index contributed by atoms with van der Waals surface area (Å²) >= 11 is 0. The molecule has 1 atom stereocenters. The van der Waals surface area contributed by atoms with Crippen LogP contribution in [0.5, 0.6) is 0 Å². The molecule has 0 aromatic rings. The molecule has 0 heterocycles. The van der Waals surface area contributed by atoms with Crippen LogP contribution >= 0.6 is 0 Å². The van der Waals surface area contributed by atoms with Gasteiger partial charge >= 0.3 is 0 Å². The normalized spacial score (nSPS) is 9.27. The molecular formula is C11H22. The van der Waals surface area contributed by atoms with Crippen molar-refractivity contribution < 1.29 is 0 Å². The van der Waals surface area contributed by atoms with E-state index in [9.17, 15) is 0 Å². The molecule has 0 aliphatic rings. The van der Waals surface area contributed by atoms with Crippen LogP contribution in [-0.4, -0.2) is 0 Å². The topological polar surface area (TPSA) is 0 Å². The highest BCUT2D eigenvalue weighted by molar-refractivity contribution is 4.68. The SMILES string of the molecule is C#C.C=CCC(C)CC.CC. The number of terminal acetylenes is 1. The fraction of sp³-hybridized carbons (Fsp3) is 0.636. The average molecular weight is 154 g/mol. The Hall–Kier alpha value is -0.700. The van der Waals surface area contributed by atoms with Crippen molar-refractivity contribution in [2.45, 2.75) is 40.5 Å². The minimum absolute atomic E-state index is 0.831. The number of hydrogen-bond donors (Lipinski definition) is 0. The molecule has 0 saturated carbocycles. The summed E-state index contributed by atoms with van der Waals surface area (Å²) in [6.07, 6.45) is 12.4. The fourth-order valence-corrected chi connectivity index (χ4v) is 0.451. The van der Waals surface area contributed by atoms with E-state index in [1.165, 1.54) is 6.42 Å². The second-order valence-corrected chi connectivity index (χ2v) is 2.04. The van der Waals surface area contributed by atoms with E-state index in [4.69, 9.17) is 0 Å². The van der Waals surface area contributed by atoms with Crippen molar-refractivity contribution in [2.24, 2.45) is 5.92 Å². The zero-order chi connectivity index (χ0) is 9.70. The molecule has 0 fully saturated rings. The molecule has 0 amide bonds. The van der Waals surface area contributed by atoms with E-state index in [0.29, 0.717) is 0 Å². The van der Waals surface area contributed by atoms with Gasteiger partial charge in [-0.3, -0.25) is 0 Å². The minimum Gasteiger partial charge on any atom is -0.124 e. The van der Waals surface area contributed by atoms with Crippen molar-refractivity contribution in [1.82, 2.24) is 0 Å². The summed E-state index contributed by atoms with van der Waals surface area (Å²) < 4.78 is 0. The molecule has 11 heavy (non-hydrogen) atoms. The summed E-state index contributed by atoms with van der Waals surface area (Å²) in [7, 11) is 0. The molecule has 0 spiro atoms. The monoisotopic (exact) mass is 154 g/mol. The maximum absolute atomic E-state index is 4.00. The molecule has 1 unspecified atom stereocenters. The fourth-order valence-electron chi connectivity index (χ4n) is 0.451. The summed E-state index contributed by atoms with van der Waals surface area (Å²) in [6.45, 7) is 12.1. The van der Waals surface area contributed by atoms with Gasteiger partial charge in [-0.25, -0.2) is 0 Å². The van der Waals surface area contributed by atoms with Crippen molar-refractivity contribution >= 4 is 0 Å². The van der Waals surface area contributed by atoms with Crippen LogP contribution in [0.25, 0.3) is 0 Å². The standard InChI is InChI=1S/C7H14.C2H6.C2H2/c1-4-6-7(3)5-2;2*1-2/h4,7H,1,5-6H2,2-3H3;1-2H3;1-2H. The first-order valence-electron chi connectivity index (χ1n) is 4.25. The van der Waals surface area contributed by atoms with E-state index in [2.05, 4.69) is 33.3 Å². The van der Waals surface area contributed by atoms with Crippen LogP contribution in [-0.2, 0) is 0 Å². The second kappa shape index (κ2) is 22.8. The third-order valence-electron chi connectivity index (χ3n) is 1.27. The van der Waals surface area contributed by atoms with E-state index < -0.39 is 0 Å². The lowest BCUT2D eigenvalue weighted by atomic mass is 10.1. The van der Waals surface area contributed by atoms with Crippen molar-refractivity contribution in [3.8, 4) is 12.8 Å². The molecule has 0 bridgehead atoms. The van der Waals surface area contributed by atoms with Gasteiger partial charge in [0.15, 0.2) is 0 Å². The van der Waals surface area contributed by atoms with Crippen molar-refractivity contribution in [3.63, 3.8) is 0 Å². The highest BCUT2D eigenvalue weighted by atomic mass is 14.0. The predicted molar refractivity (Wildman–Crippen MR) is 55.5 cm³/mol. The summed E-state index contributed by atoms with van der Waals surface area (Å²) in [4.78, 5) is 0. The smallest absolute Gasteiger partial charge is 0.0328 e. The Morgan fingerprint density at radius 2 is 1.73 bits per heavy atom. The number of allylic oxidation sites excluding steroid dienone is 1. The van der Waals surface area contributed by atoms with E-state index >= 15 is 0 Å². The largest absolute Gasteiger partial charge is 0.124 e. The molecule has 0 heteroatoms. The van der Waals surface area contributed by atoms with Gasteiger partial charge in [0, 0.05) is 0 Å². The highest BCUT2D eigenvalue weighted by Crippen LogP contribution is 2.04. The molecule has 66 valence electrons. The van der Waals surface area contributed by atoms with E-state index in [1.54, 1.807) is 0 Å². The van der Waals surface area contributed by atoms with Gasteiger partial charge in [0.1, 0.15) is 0 Å². The Morgan fingerprint density at radius 1 is 1.36 bits per heavy atom. The van der Waals surface area contributed by atoms with E-state index in [1.807, 2.05) is 19.9 Å². The molecule has 0 radical (unpaired) electrons. The Morgan fingerprint density at radius 3 is 1.82 bits per heavy atom. The van der Waals surface area contributed by atoms with Crippen LogP contribution in [0, 0.1) is 18.8 Å². The van der Waals surface area contributed by atoms with Gasteiger partial charge in [-0.2, -0.15) is 0 Å². The van der Waals surface area contributed by atoms with Gasteiger partial charge in [0.05, 0.1) is 0 Å². The van der Waals surface area contributed by atoms with Crippen LogP contribution < -0.4 is 0 Å². The third kappa shape index (κ3) is 26.8. The van der Waals surface area contributed by atoms with Gasteiger partial charge in [-0.05, 0) is 12.3 Å². The molecule has 0 rings (SSSR count). The first-order chi connectivity index (χ1) is 5.31. The second-order valence-electron chi connectivity index (χ2n) is 2.04. The maximum atomic E-state index is 4.00. The summed E-state index contributed by atoms with van der Waals surface area (Å²) in [5, 5.41) is 0. The summed E-state index contributed by atoms with van der Waals surface area (Å²) in [5.74, 6) is 0.831. The first-order valence-corrected chi connectivity index (χ1v) is 4.25. The quantitative estimate of drug-likeness (QED) is 0.427. The first kappa shape index (κ1) is 16.7. The number of rotatable bonds is 3. The van der Waals surface area contributed by atoms with Gasteiger partial charge in [0.2, 0.25) is 0 Å². The Kier molecular flexibility index (Phi) is 34.7. The Labute approximate surface area is 72.7 Å². The van der Waals surface area contributed by atoms with Gasteiger partial charge in [-0.1, -0.05) is 40.2 Å². The average Bonchev–Trinajstić information content (AvgIpc) is 2.12. The lowest BCUT2D eigenvalue weighted by Gasteiger charge is -2.00. The molecule has 0 N–H and O–H groups in total. The lowest BCUT2D eigenvalue weighted by Crippen LogP contribution is -1.86. The zero-order valence-electron chi connectivity index (χ0n) is 8.43. The Bertz CT molecular complexity index is 69.4. The van der Waals surface area contributed by atoms with E-state index in [-0.39, 0.29) is 0 Å². The molecule has 0 saturated heterocycles. The van der Waals surface area contributed by atoms with E-state index in [0.717, 1.165) is 12.3 Å². The van der Waals surface area contributed by atoms with Crippen molar-refractivity contribution in [1.29, 1.82) is 0 Å².